The molecule has 0 bridgehead atoms. The van der Waals surface area contributed by atoms with Crippen molar-refractivity contribution < 1.29 is 9.53 Å². The fourth-order valence-corrected chi connectivity index (χ4v) is 3.31. The Bertz CT molecular complexity index is 305. The van der Waals surface area contributed by atoms with Crippen LogP contribution in [0.4, 0.5) is 0 Å². The lowest BCUT2D eigenvalue weighted by Crippen LogP contribution is -2.54. The zero-order chi connectivity index (χ0) is 14.4. The van der Waals surface area contributed by atoms with E-state index in [-0.39, 0.29) is 11.9 Å². The molecule has 5 nitrogen and oxygen atoms in total. The number of hydrogen-bond donors (Lipinski definition) is 1. The summed E-state index contributed by atoms with van der Waals surface area (Å²) in [6.07, 6.45) is 5.16. The van der Waals surface area contributed by atoms with E-state index >= 15 is 0 Å². The summed E-state index contributed by atoms with van der Waals surface area (Å²) in [6, 6.07) is 0.574. The molecule has 0 aromatic carbocycles. The number of carbonyl (C=O) groups is 1. The molecule has 0 spiro atoms. The van der Waals surface area contributed by atoms with E-state index in [9.17, 15) is 4.79 Å². The predicted octanol–water partition coefficient (Wildman–Crippen LogP) is 0.827. The van der Waals surface area contributed by atoms with Crippen LogP contribution in [0.1, 0.15) is 39.0 Å². The number of rotatable bonds is 5. The maximum absolute atomic E-state index is 12.4. The van der Waals surface area contributed by atoms with Gasteiger partial charge in [0.1, 0.15) is 0 Å². The Morgan fingerprint density at radius 1 is 1.30 bits per heavy atom. The third-order valence-electron chi connectivity index (χ3n) is 4.60. The lowest BCUT2D eigenvalue weighted by Gasteiger charge is -2.41. The number of nitrogens with two attached hydrogens (primary N) is 1. The Morgan fingerprint density at radius 2 is 2.05 bits per heavy atom. The number of ether oxygens (including phenoxy) is 1. The molecule has 2 aliphatic heterocycles. The molecular weight excluding hydrogens is 254 g/mol. The van der Waals surface area contributed by atoms with Gasteiger partial charge in [0.2, 0.25) is 5.91 Å². The third kappa shape index (κ3) is 3.93. The van der Waals surface area contributed by atoms with Gasteiger partial charge in [0.25, 0.3) is 0 Å². The number of hydrogen-bond acceptors (Lipinski definition) is 4. The van der Waals surface area contributed by atoms with Crippen LogP contribution in [0.3, 0.4) is 0 Å². The van der Waals surface area contributed by atoms with Gasteiger partial charge < -0.3 is 15.4 Å². The summed E-state index contributed by atoms with van der Waals surface area (Å²) in [7, 11) is 0. The van der Waals surface area contributed by atoms with Crippen molar-refractivity contribution in [2.45, 2.75) is 51.1 Å². The molecule has 116 valence electrons. The first-order valence-corrected chi connectivity index (χ1v) is 8.07. The molecule has 2 aliphatic rings. The van der Waals surface area contributed by atoms with Crippen LogP contribution in [0.25, 0.3) is 0 Å². The Balaban J connectivity index is 1.91. The highest BCUT2D eigenvalue weighted by molar-refractivity contribution is 5.77. The molecule has 1 amide bonds. The van der Waals surface area contributed by atoms with Crippen LogP contribution in [0.15, 0.2) is 0 Å². The van der Waals surface area contributed by atoms with Gasteiger partial charge in [-0.05, 0) is 25.7 Å². The Hall–Kier alpha value is -0.650. The SMILES string of the molecule is CCC1COCCN1C(CN)CC(=O)N1CCCCC1. The zero-order valence-electron chi connectivity index (χ0n) is 12.7. The molecule has 0 saturated carbocycles. The van der Waals surface area contributed by atoms with Crippen LogP contribution in [0.2, 0.25) is 0 Å². The minimum absolute atomic E-state index is 0.165. The molecule has 2 atom stereocenters. The summed E-state index contributed by atoms with van der Waals surface area (Å²) < 4.78 is 5.54. The fourth-order valence-electron chi connectivity index (χ4n) is 3.31. The van der Waals surface area contributed by atoms with Gasteiger partial charge in [-0.25, -0.2) is 0 Å². The first kappa shape index (κ1) is 15.7. The monoisotopic (exact) mass is 283 g/mol. The highest BCUT2D eigenvalue weighted by atomic mass is 16.5. The van der Waals surface area contributed by atoms with Gasteiger partial charge in [-0.15, -0.1) is 0 Å². The predicted molar refractivity (Wildman–Crippen MR) is 79.5 cm³/mol. The smallest absolute Gasteiger partial charge is 0.224 e. The number of amides is 1. The molecule has 2 N–H and O–H groups in total. The molecule has 0 aromatic heterocycles. The van der Waals surface area contributed by atoms with Gasteiger partial charge in [-0.1, -0.05) is 6.92 Å². The normalized spacial score (nSPS) is 26.5. The lowest BCUT2D eigenvalue weighted by atomic mass is 10.0. The van der Waals surface area contributed by atoms with Crippen LogP contribution >= 0.6 is 0 Å². The van der Waals surface area contributed by atoms with Crippen LogP contribution in [0, 0.1) is 0 Å². The quantitative estimate of drug-likeness (QED) is 0.812. The summed E-state index contributed by atoms with van der Waals surface area (Å²) >= 11 is 0. The van der Waals surface area contributed by atoms with E-state index in [2.05, 4.69) is 11.8 Å². The zero-order valence-corrected chi connectivity index (χ0v) is 12.7. The lowest BCUT2D eigenvalue weighted by molar-refractivity contribution is -0.134. The van der Waals surface area contributed by atoms with Gasteiger partial charge in [0.05, 0.1) is 13.2 Å². The Labute approximate surface area is 122 Å². The summed E-state index contributed by atoms with van der Waals surface area (Å²) in [4.78, 5) is 16.8. The van der Waals surface area contributed by atoms with E-state index in [0.717, 1.165) is 52.1 Å². The Morgan fingerprint density at radius 3 is 2.70 bits per heavy atom. The molecule has 2 rings (SSSR count). The van der Waals surface area contributed by atoms with E-state index in [1.165, 1.54) is 6.42 Å². The van der Waals surface area contributed by atoms with E-state index in [1.54, 1.807) is 0 Å². The van der Waals surface area contributed by atoms with Crippen molar-refractivity contribution >= 4 is 5.91 Å². The van der Waals surface area contributed by atoms with Crippen molar-refractivity contribution in [1.29, 1.82) is 0 Å². The van der Waals surface area contributed by atoms with E-state index < -0.39 is 0 Å². The van der Waals surface area contributed by atoms with Gasteiger partial charge in [-0.3, -0.25) is 9.69 Å². The first-order chi connectivity index (χ1) is 9.76. The highest BCUT2D eigenvalue weighted by Crippen LogP contribution is 2.18. The molecule has 2 fully saturated rings. The topological polar surface area (TPSA) is 58.8 Å². The molecule has 2 saturated heterocycles. The van der Waals surface area contributed by atoms with E-state index in [1.807, 2.05) is 4.90 Å². The maximum atomic E-state index is 12.4. The summed E-state index contributed by atoms with van der Waals surface area (Å²) in [6.45, 7) is 7.00. The maximum Gasteiger partial charge on any atom is 0.224 e. The number of morpholine rings is 1. The molecular formula is C15H29N3O2. The van der Waals surface area contributed by atoms with Gasteiger partial charge in [-0.2, -0.15) is 0 Å². The van der Waals surface area contributed by atoms with Crippen molar-refractivity contribution in [1.82, 2.24) is 9.80 Å². The van der Waals surface area contributed by atoms with E-state index in [4.69, 9.17) is 10.5 Å². The van der Waals surface area contributed by atoms with Crippen LogP contribution in [-0.2, 0) is 9.53 Å². The van der Waals surface area contributed by atoms with Crippen LogP contribution in [-0.4, -0.2) is 67.2 Å². The van der Waals surface area contributed by atoms with Crippen molar-refractivity contribution in [3.8, 4) is 0 Å². The van der Waals surface area contributed by atoms with Crippen LogP contribution < -0.4 is 5.73 Å². The van der Waals surface area contributed by atoms with Crippen LogP contribution in [0.5, 0.6) is 0 Å². The standard InChI is InChI=1S/C15H29N3O2/c1-2-13-12-20-9-8-18(13)14(11-16)10-15(19)17-6-4-3-5-7-17/h13-14H,2-12,16H2,1H3. The summed E-state index contributed by atoms with van der Waals surface area (Å²) in [5.74, 6) is 0.279. The minimum Gasteiger partial charge on any atom is -0.378 e. The summed E-state index contributed by atoms with van der Waals surface area (Å²) in [5, 5.41) is 0. The number of likely N-dealkylation sites (tertiary alicyclic amines) is 1. The van der Waals surface area contributed by atoms with Crippen molar-refractivity contribution in [3.63, 3.8) is 0 Å². The number of nitrogens with zero attached hydrogens (tertiary/aromatic N) is 2. The van der Waals surface area contributed by atoms with Crippen molar-refractivity contribution in [2.24, 2.45) is 5.73 Å². The fraction of sp³-hybridized carbons (Fsp3) is 0.933. The molecule has 2 unspecified atom stereocenters. The average molecular weight is 283 g/mol. The van der Waals surface area contributed by atoms with Crippen molar-refractivity contribution in [3.05, 3.63) is 0 Å². The molecule has 2 heterocycles. The molecule has 0 radical (unpaired) electrons. The van der Waals surface area contributed by atoms with Gasteiger partial charge >= 0.3 is 0 Å². The second-order valence-corrected chi connectivity index (χ2v) is 5.91. The highest BCUT2D eigenvalue weighted by Gasteiger charge is 2.30. The number of carbonyl (C=O) groups excluding carboxylic acids is 1. The van der Waals surface area contributed by atoms with Gasteiger partial charge in [0, 0.05) is 44.7 Å². The molecule has 0 aromatic rings. The Kier molecular flexibility index (Phi) is 6.26. The second-order valence-electron chi connectivity index (χ2n) is 5.91. The van der Waals surface area contributed by atoms with E-state index in [0.29, 0.717) is 19.0 Å². The second kappa shape index (κ2) is 7.96. The van der Waals surface area contributed by atoms with Crippen molar-refractivity contribution in [2.75, 3.05) is 39.4 Å². The molecule has 5 heteroatoms. The summed E-state index contributed by atoms with van der Waals surface area (Å²) in [5.41, 5.74) is 5.95. The largest absolute Gasteiger partial charge is 0.378 e. The first-order valence-electron chi connectivity index (χ1n) is 8.07. The minimum atomic E-state index is 0.165. The number of piperidine rings is 1. The third-order valence-corrected chi connectivity index (χ3v) is 4.60. The average Bonchev–Trinajstić information content (AvgIpc) is 2.53. The van der Waals surface area contributed by atoms with Gasteiger partial charge in [0.15, 0.2) is 0 Å². The molecule has 0 aliphatic carbocycles. The molecule has 20 heavy (non-hydrogen) atoms.